The van der Waals surface area contributed by atoms with Gasteiger partial charge in [0.15, 0.2) is 0 Å². The predicted octanol–water partition coefficient (Wildman–Crippen LogP) is 4.51. The second-order valence-corrected chi connectivity index (χ2v) is 9.11. The Hall–Kier alpha value is -0.260. The molecule has 3 fully saturated rings. The third-order valence-corrected chi connectivity index (χ3v) is 7.38. The lowest BCUT2D eigenvalue weighted by molar-refractivity contribution is -0.137. The molecule has 3 aliphatic rings. The van der Waals surface area contributed by atoms with Crippen LogP contribution in [-0.2, 0) is 14.3 Å². The molecule has 144 valence electrons. The van der Waals surface area contributed by atoms with Crippen molar-refractivity contribution in [2.75, 3.05) is 18.1 Å². The highest BCUT2D eigenvalue weighted by molar-refractivity contribution is 7.99. The minimum Gasteiger partial charge on any atom is -0.481 e. The lowest BCUT2D eigenvalue weighted by atomic mass is 9.79. The van der Waals surface area contributed by atoms with Gasteiger partial charge in [-0.1, -0.05) is 19.3 Å². The van der Waals surface area contributed by atoms with Gasteiger partial charge in [-0.25, -0.2) is 0 Å². The number of carboxylic acid groups (broad SMARTS) is 1. The Labute approximate surface area is 156 Å². The topological polar surface area (TPSA) is 55.8 Å². The number of fused-ring (bicyclic) bond motifs is 2. The van der Waals surface area contributed by atoms with E-state index in [1.807, 2.05) is 11.8 Å². The van der Waals surface area contributed by atoms with Crippen molar-refractivity contribution >= 4 is 17.7 Å². The zero-order valence-electron chi connectivity index (χ0n) is 15.4. The van der Waals surface area contributed by atoms with Crippen LogP contribution in [0, 0.1) is 11.8 Å². The molecule has 1 N–H and O–H groups in total. The predicted molar refractivity (Wildman–Crippen MR) is 101 cm³/mol. The van der Waals surface area contributed by atoms with Crippen molar-refractivity contribution in [2.24, 2.45) is 11.8 Å². The normalized spacial score (nSPS) is 32.3. The molecule has 4 atom stereocenters. The van der Waals surface area contributed by atoms with E-state index in [9.17, 15) is 4.79 Å². The molecule has 1 aliphatic carbocycles. The molecule has 0 unspecified atom stereocenters. The van der Waals surface area contributed by atoms with E-state index in [1.165, 1.54) is 50.7 Å². The quantitative estimate of drug-likeness (QED) is 0.542. The molecule has 2 bridgehead atoms. The van der Waals surface area contributed by atoms with Gasteiger partial charge in [0.2, 0.25) is 0 Å². The molecule has 0 aromatic carbocycles. The minimum atomic E-state index is -0.676. The molecule has 2 saturated heterocycles. The third kappa shape index (κ3) is 5.86. The van der Waals surface area contributed by atoms with Crippen LogP contribution in [0.2, 0.25) is 0 Å². The van der Waals surface area contributed by atoms with E-state index >= 15 is 0 Å². The first-order valence-electron chi connectivity index (χ1n) is 10.3. The highest BCUT2D eigenvalue weighted by Crippen LogP contribution is 2.46. The fraction of sp³-hybridized carbons (Fsp3) is 0.950. The van der Waals surface area contributed by atoms with E-state index in [0.717, 1.165) is 31.6 Å². The van der Waals surface area contributed by atoms with Gasteiger partial charge in [-0.05, 0) is 68.3 Å². The van der Waals surface area contributed by atoms with Crippen molar-refractivity contribution < 1.29 is 19.4 Å². The van der Waals surface area contributed by atoms with Gasteiger partial charge in [-0.2, -0.15) is 11.8 Å². The molecule has 0 radical (unpaired) electrons. The van der Waals surface area contributed by atoms with Gasteiger partial charge in [0.1, 0.15) is 0 Å². The number of hydrogen-bond donors (Lipinski definition) is 1. The lowest BCUT2D eigenvalue weighted by Crippen LogP contribution is -2.30. The van der Waals surface area contributed by atoms with E-state index in [-0.39, 0.29) is 0 Å². The van der Waals surface area contributed by atoms with Gasteiger partial charge in [-0.15, -0.1) is 0 Å². The van der Waals surface area contributed by atoms with Crippen molar-refractivity contribution in [1.29, 1.82) is 0 Å². The maximum atomic E-state index is 10.6. The van der Waals surface area contributed by atoms with Crippen molar-refractivity contribution in [3.8, 4) is 0 Å². The minimum absolute atomic E-state index is 0.304. The Kier molecular flexibility index (Phi) is 7.93. The second kappa shape index (κ2) is 10.2. The molecule has 0 spiro atoms. The monoisotopic (exact) mass is 370 g/mol. The number of unbranched alkanes of at least 4 members (excludes halogenated alkanes) is 1. The third-order valence-electron chi connectivity index (χ3n) is 6.19. The SMILES string of the molecule is O=C(O)CCCCSC[C@@H]1[C@H](CCOC2CCCCC2)[C@@H]2CC[C@H]1O2. The molecule has 2 heterocycles. The Morgan fingerprint density at radius 3 is 2.56 bits per heavy atom. The van der Waals surface area contributed by atoms with E-state index < -0.39 is 5.97 Å². The van der Waals surface area contributed by atoms with Crippen LogP contribution in [0.1, 0.15) is 70.6 Å². The average molecular weight is 371 g/mol. The summed E-state index contributed by atoms with van der Waals surface area (Å²) in [6.45, 7) is 0.904. The summed E-state index contributed by atoms with van der Waals surface area (Å²) in [5, 5.41) is 8.69. The van der Waals surface area contributed by atoms with Gasteiger partial charge in [-0.3, -0.25) is 4.79 Å². The summed E-state index contributed by atoms with van der Waals surface area (Å²) < 4.78 is 12.4. The molecule has 0 aromatic heterocycles. The summed E-state index contributed by atoms with van der Waals surface area (Å²) in [6, 6.07) is 0. The Balaban J connectivity index is 1.33. The van der Waals surface area contributed by atoms with Crippen LogP contribution in [0.5, 0.6) is 0 Å². The standard InChI is InChI=1S/C20H34O4S/c21-20(22)8-4-5-13-25-14-17-16(18-9-10-19(17)24-18)11-12-23-15-6-2-1-3-7-15/h15-19H,1-14H2,(H,21,22)/t16-,17+,18-,19+/m0/s1. The summed E-state index contributed by atoms with van der Waals surface area (Å²) in [5.41, 5.74) is 0. The first-order chi connectivity index (χ1) is 12.2. The van der Waals surface area contributed by atoms with Crippen LogP contribution in [0.4, 0.5) is 0 Å². The number of carboxylic acids is 1. The van der Waals surface area contributed by atoms with Crippen molar-refractivity contribution in [2.45, 2.75) is 88.9 Å². The molecule has 5 heteroatoms. The summed E-state index contributed by atoms with van der Waals surface area (Å²) in [7, 11) is 0. The molecule has 25 heavy (non-hydrogen) atoms. The highest BCUT2D eigenvalue weighted by atomic mass is 32.2. The molecule has 0 aromatic rings. The Morgan fingerprint density at radius 2 is 1.80 bits per heavy atom. The van der Waals surface area contributed by atoms with Gasteiger partial charge >= 0.3 is 5.97 Å². The van der Waals surface area contributed by atoms with Gasteiger partial charge in [0.05, 0.1) is 18.3 Å². The molecule has 2 aliphatic heterocycles. The van der Waals surface area contributed by atoms with Crippen LogP contribution in [0.3, 0.4) is 0 Å². The largest absolute Gasteiger partial charge is 0.481 e. The maximum absolute atomic E-state index is 10.6. The summed E-state index contributed by atoms with van der Waals surface area (Å²) in [6.07, 6.45) is 13.7. The molecule has 3 rings (SSSR count). The molecule has 0 amide bonds. The Morgan fingerprint density at radius 1 is 1.04 bits per heavy atom. The van der Waals surface area contributed by atoms with Gasteiger partial charge in [0.25, 0.3) is 0 Å². The highest BCUT2D eigenvalue weighted by Gasteiger charge is 2.48. The smallest absolute Gasteiger partial charge is 0.303 e. The first-order valence-corrected chi connectivity index (χ1v) is 11.5. The van der Waals surface area contributed by atoms with E-state index in [0.29, 0.717) is 36.6 Å². The van der Waals surface area contributed by atoms with E-state index in [4.69, 9.17) is 14.6 Å². The summed E-state index contributed by atoms with van der Waals surface area (Å²) in [4.78, 5) is 10.6. The van der Waals surface area contributed by atoms with Crippen LogP contribution in [0.25, 0.3) is 0 Å². The lowest BCUT2D eigenvalue weighted by Gasteiger charge is -2.29. The zero-order valence-corrected chi connectivity index (χ0v) is 16.2. The van der Waals surface area contributed by atoms with Crippen molar-refractivity contribution in [3.05, 3.63) is 0 Å². The van der Waals surface area contributed by atoms with Gasteiger partial charge < -0.3 is 14.6 Å². The fourth-order valence-corrected chi connectivity index (χ4v) is 6.11. The number of thioether (sulfide) groups is 1. The summed E-state index contributed by atoms with van der Waals surface area (Å²) in [5.74, 6) is 2.92. The van der Waals surface area contributed by atoms with Crippen LogP contribution in [0.15, 0.2) is 0 Å². The maximum Gasteiger partial charge on any atom is 0.303 e. The first kappa shape index (κ1) is 19.5. The number of hydrogen-bond acceptors (Lipinski definition) is 4. The molecule has 1 saturated carbocycles. The number of rotatable bonds is 11. The summed E-state index contributed by atoms with van der Waals surface area (Å²) >= 11 is 1.99. The van der Waals surface area contributed by atoms with Crippen LogP contribution in [-0.4, -0.2) is 47.5 Å². The molecule has 4 nitrogen and oxygen atoms in total. The Bertz CT molecular complexity index is 411. The number of carbonyl (C=O) groups is 1. The van der Waals surface area contributed by atoms with Gasteiger partial charge in [0, 0.05) is 13.0 Å². The van der Waals surface area contributed by atoms with Crippen LogP contribution < -0.4 is 0 Å². The zero-order chi connectivity index (χ0) is 17.5. The average Bonchev–Trinajstić information content (AvgIpc) is 3.21. The number of aliphatic carboxylic acids is 1. The molecular formula is C20H34O4S. The molecular weight excluding hydrogens is 336 g/mol. The van der Waals surface area contributed by atoms with Crippen molar-refractivity contribution in [3.63, 3.8) is 0 Å². The van der Waals surface area contributed by atoms with Crippen LogP contribution >= 0.6 is 11.8 Å². The van der Waals surface area contributed by atoms with E-state index in [2.05, 4.69) is 0 Å². The number of ether oxygens (including phenoxy) is 2. The van der Waals surface area contributed by atoms with E-state index in [1.54, 1.807) is 0 Å². The van der Waals surface area contributed by atoms with Crippen molar-refractivity contribution in [1.82, 2.24) is 0 Å². The second-order valence-electron chi connectivity index (χ2n) is 7.96. The fourth-order valence-electron chi connectivity index (χ4n) is 4.80.